The van der Waals surface area contributed by atoms with Crippen molar-refractivity contribution < 1.29 is 28.6 Å². The highest BCUT2D eigenvalue weighted by Crippen LogP contribution is 2.34. The van der Waals surface area contributed by atoms with E-state index in [9.17, 15) is 19.2 Å². The summed E-state index contributed by atoms with van der Waals surface area (Å²) in [6.45, 7) is 14.2. The number of carbonyl (C=O) groups excluding carboxylic acids is 3. The van der Waals surface area contributed by atoms with E-state index in [0.717, 1.165) is 6.33 Å². The van der Waals surface area contributed by atoms with E-state index < -0.39 is 34.6 Å². The van der Waals surface area contributed by atoms with Gasteiger partial charge >= 0.3 is 12.2 Å². The van der Waals surface area contributed by atoms with Crippen molar-refractivity contribution in [2.45, 2.75) is 85.1 Å². The molecule has 13 nitrogen and oxygen atoms in total. The molecule has 40 heavy (non-hydrogen) atoms. The standard InChI is InChI=1S/C27H36N6O7/c1-15-13-17(22(35)33-18(15)21(34)31-27(33)9-11-38-12-10-27)30-19-16(2)20(29-14-28-19)32(23(36)39-25(3,4)5)24(37)40-26(6,7)8/h13-14H,9-12H2,1-8H3,(H,31,34)(H,28,29,30). The third kappa shape index (κ3) is 5.64. The van der Waals surface area contributed by atoms with Gasteiger partial charge < -0.3 is 24.8 Å². The van der Waals surface area contributed by atoms with E-state index in [2.05, 4.69) is 20.6 Å². The van der Waals surface area contributed by atoms with E-state index in [0.29, 0.717) is 42.2 Å². The van der Waals surface area contributed by atoms with Crippen LogP contribution in [0.25, 0.3) is 0 Å². The van der Waals surface area contributed by atoms with E-state index in [1.165, 1.54) is 4.57 Å². The number of hydrogen-bond acceptors (Lipinski definition) is 10. The molecule has 1 spiro atoms. The number of hydrogen-bond donors (Lipinski definition) is 2. The Morgan fingerprint density at radius 3 is 2.15 bits per heavy atom. The lowest BCUT2D eigenvalue weighted by atomic mass is 10.0. The van der Waals surface area contributed by atoms with E-state index >= 15 is 0 Å². The highest BCUT2D eigenvalue weighted by molar-refractivity contribution is 6.09. The van der Waals surface area contributed by atoms with Gasteiger partial charge in [0.2, 0.25) is 0 Å². The van der Waals surface area contributed by atoms with Gasteiger partial charge in [0, 0.05) is 18.4 Å². The van der Waals surface area contributed by atoms with E-state index in [1.54, 1.807) is 61.5 Å². The Morgan fingerprint density at radius 1 is 1.02 bits per heavy atom. The molecule has 0 aromatic carbocycles. The van der Waals surface area contributed by atoms with Crippen molar-refractivity contribution in [1.29, 1.82) is 0 Å². The zero-order chi connectivity index (χ0) is 29.6. The molecule has 0 atom stereocenters. The first-order chi connectivity index (χ1) is 18.5. The second-order valence-electron chi connectivity index (χ2n) is 11.9. The molecule has 2 aromatic rings. The first-order valence-corrected chi connectivity index (χ1v) is 13.1. The third-order valence-electron chi connectivity index (χ3n) is 6.38. The van der Waals surface area contributed by atoms with Crippen LogP contribution in [0.2, 0.25) is 0 Å². The zero-order valence-electron chi connectivity index (χ0n) is 24.1. The van der Waals surface area contributed by atoms with Crippen LogP contribution >= 0.6 is 0 Å². The van der Waals surface area contributed by atoms with E-state index in [1.807, 2.05) is 0 Å². The molecule has 2 N–H and O–H groups in total. The maximum Gasteiger partial charge on any atom is 0.425 e. The van der Waals surface area contributed by atoms with Crippen molar-refractivity contribution in [2.24, 2.45) is 0 Å². The molecule has 4 rings (SSSR count). The summed E-state index contributed by atoms with van der Waals surface area (Å²) in [6, 6.07) is 1.58. The molecule has 4 heterocycles. The zero-order valence-corrected chi connectivity index (χ0v) is 24.1. The Bertz CT molecular complexity index is 1390. The average Bonchev–Trinajstić information content (AvgIpc) is 3.09. The van der Waals surface area contributed by atoms with Crippen LogP contribution in [0.5, 0.6) is 0 Å². The smallest absolute Gasteiger partial charge is 0.425 e. The van der Waals surface area contributed by atoms with Crippen molar-refractivity contribution in [3.63, 3.8) is 0 Å². The summed E-state index contributed by atoms with van der Waals surface area (Å²) in [4.78, 5) is 62.1. The van der Waals surface area contributed by atoms with Crippen LogP contribution in [-0.4, -0.2) is 57.0 Å². The number of nitrogens with one attached hydrogen (secondary N) is 2. The van der Waals surface area contributed by atoms with Gasteiger partial charge in [-0.25, -0.2) is 19.6 Å². The van der Waals surface area contributed by atoms with Crippen LogP contribution in [0.15, 0.2) is 17.2 Å². The molecule has 216 valence electrons. The lowest BCUT2D eigenvalue weighted by Crippen LogP contribution is -2.51. The summed E-state index contributed by atoms with van der Waals surface area (Å²) >= 11 is 0. The van der Waals surface area contributed by atoms with Crippen molar-refractivity contribution in [3.8, 4) is 0 Å². The fraction of sp³-hybridized carbons (Fsp3) is 0.556. The van der Waals surface area contributed by atoms with E-state index in [4.69, 9.17) is 14.2 Å². The summed E-state index contributed by atoms with van der Waals surface area (Å²) in [5.74, 6) is -0.205. The summed E-state index contributed by atoms with van der Waals surface area (Å²) in [6.07, 6.45) is 0.107. The maximum absolute atomic E-state index is 13.8. The van der Waals surface area contributed by atoms with Crippen LogP contribution < -0.4 is 21.1 Å². The van der Waals surface area contributed by atoms with Gasteiger partial charge in [0.05, 0.1) is 13.2 Å². The highest BCUT2D eigenvalue weighted by Gasteiger charge is 2.46. The fourth-order valence-corrected chi connectivity index (χ4v) is 4.69. The lowest BCUT2D eigenvalue weighted by Gasteiger charge is -2.35. The second-order valence-corrected chi connectivity index (χ2v) is 11.9. The molecule has 0 bridgehead atoms. The fourth-order valence-electron chi connectivity index (χ4n) is 4.69. The van der Waals surface area contributed by atoms with Crippen molar-refractivity contribution in [2.75, 3.05) is 23.4 Å². The molecule has 0 radical (unpaired) electrons. The molecule has 0 saturated carbocycles. The monoisotopic (exact) mass is 556 g/mol. The number of fused-ring (bicyclic) bond motifs is 2. The van der Waals surface area contributed by atoms with Crippen LogP contribution in [0, 0.1) is 13.8 Å². The van der Waals surface area contributed by atoms with Gasteiger partial charge in [-0.2, -0.15) is 4.90 Å². The molecule has 2 aliphatic heterocycles. The Kier molecular flexibility index (Phi) is 7.39. The summed E-state index contributed by atoms with van der Waals surface area (Å²) in [5, 5.41) is 6.02. The minimum Gasteiger partial charge on any atom is -0.443 e. The SMILES string of the molecule is Cc1cc(Nc2ncnc(N(C(=O)OC(C)(C)C)C(=O)OC(C)(C)C)c2C)c(=O)n2c1C(=O)NC21CCOCC1. The number of anilines is 3. The highest BCUT2D eigenvalue weighted by atomic mass is 16.6. The maximum atomic E-state index is 13.8. The molecular weight excluding hydrogens is 520 g/mol. The molecule has 0 aliphatic carbocycles. The van der Waals surface area contributed by atoms with Crippen molar-refractivity contribution in [1.82, 2.24) is 19.9 Å². The van der Waals surface area contributed by atoms with E-state index in [-0.39, 0.29) is 28.8 Å². The number of ether oxygens (including phenoxy) is 3. The number of rotatable bonds is 3. The van der Waals surface area contributed by atoms with Crippen molar-refractivity contribution >= 4 is 35.4 Å². The minimum absolute atomic E-state index is 0.0725. The van der Waals surface area contributed by atoms with Crippen LogP contribution in [0.1, 0.15) is 76.0 Å². The number of carbonyl (C=O) groups is 3. The third-order valence-corrected chi connectivity index (χ3v) is 6.38. The minimum atomic E-state index is -0.978. The Labute approximate surface area is 232 Å². The predicted molar refractivity (Wildman–Crippen MR) is 146 cm³/mol. The number of nitrogens with zero attached hydrogens (tertiary/aromatic N) is 4. The normalized spacial score (nSPS) is 16.2. The first-order valence-electron chi connectivity index (χ1n) is 13.1. The van der Waals surface area contributed by atoms with Gasteiger partial charge in [0.15, 0.2) is 5.82 Å². The summed E-state index contributed by atoms with van der Waals surface area (Å²) in [7, 11) is 0. The predicted octanol–water partition coefficient (Wildman–Crippen LogP) is 3.88. The summed E-state index contributed by atoms with van der Waals surface area (Å²) < 4.78 is 17.9. The molecular formula is C27H36N6O7. The quantitative estimate of drug-likeness (QED) is 0.569. The lowest BCUT2D eigenvalue weighted by molar-refractivity contribution is 0.0120. The van der Waals surface area contributed by atoms with Gasteiger partial charge in [0.25, 0.3) is 11.5 Å². The number of amides is 3. The second kappa shape index (κ2) is 10.2. The molecule has 13 heteroatoms. The summed E-state index contributed by atoms with van der Waals surface area (Å²) in [5.41, 5.74) is -1.74. The number of aromatic nitrogens is 3. The van der Waals surface area contributed by atoms with Gasteiger partial charge in [-0.1, -0.05) is 0 Å². The van der Waals surface area contributed by atoms with Crippen LogP contribution in [-0.2, 0) is 19.9 Å². The molecule has 2 aromatic heterocycles. The average molecular weight is 557 g/mol. The number of imide groups is 1. The van der Waals surface area contributed by atoms with Crippen LogP contribution in [0.3, 0.4) is 0 Å². The Morgan fingerprint density at radius 2 is 1.60 bits per heavy atom. The Hall–Kier alpha value is -4.00. The van der Waals surface area contributed by atoms with Crippen LogP contribution in [0.4, 0.5) is 26.9 Å². The van der Waals surface area contributed by atoms with Gasteiger partial charge in [-0.05, 0) is 67.0 Å². The molecule has 1 saturated heterocycles. The van der Waals surface area contributed by atoms with Gasteiger partial charge in [-0.3, -0.25) is 14.2 Å². The van der Waals surface area contributed by atoms with Gasteiger partial charge in [-0.15, -0.1) is 0 Å². The molecule has 0 unspecified atom stereocenters. The van der Waals surface area contributed by atoms with Gasteiger partial charge in [0.1, 0.15) is 40.4 Å². The number of pyridine rings is 1. The molecule has 1 fully saturated rings. The largest absolute Gasteiger partial charge is 0.443 e. The molecule has 3 amide bonds. The van der Waals surface area contributed by atoms with Crippen molar-refractivity contribution in [3.05, 3.63) is 39.6 Å². The topological polar surface area (TPSA) is 154 Å². The Balaban J connectivity index is 1.77. The molecule has 2 aliphatic rings. The first kappa shape index (κ1) is 29.0. The number of aryl methyl sites for hydroxylation is 1.